The normalized spacial score (nSPS) is 4.40. The molecule has 1 nitrogen and oxygen atoms in total. The molecule has 0 saturated carbocycles. The first kappa shape index (κ1) is 16.2. The third kappa shape index (κ3) is 33.0. The molecule has 0 saturated heterocycles. The molecule has 0 aliphatic rings. The van der Waals surface area contributed by atoms with E-state index in [9.17, 15) is 0 Å². The zero-order valence-electron chi connectivity index (χ0n) is 2.44. The van der Waals surface area contributed by atoms with Crippen molar-refractivity contribution in [3.63, 3.8) is 0 Å². The second-order valence-electron chi connectivity index (χ2n) is 0.0431. The summed E-state index contributed by atoms with van der Waals surface area (Å²) < 4.78 is 0. The predicted molar refractivity (Wildman–Crippen MR) is 17.7 cm³/mol. The van der Waals surface area contributed by atoms with E-state index in [1.807, 2.05) is 0 Å². The van der Waals surface area contributed by atoms with Gasteiger partial charge in [-0.3, -0.25) is 0 Å². The Bertz CT molecular complexity index is 6.85. The molecule has 0 amide bonds. The molecule has 4 N–H and O–H groups in total. The molecule has 0 bridgehead atoms. The smallest absolute Gasteiger partial charge is 0.369 e. The minimum Gasteiger partial charge on any atom is -0.369 e. The molecule has 0 heterocycles. The number of hydrogen-bond acceptors (Lipinski definition) is 0. The molecule has 0 aromatic carbocycles. The van der Waals surface area contributed by atoms with Crippen molar-refractivity contribution in [2.24, 2.45) is 0 Å². The summed E-state index contributed by atoms with van der Waals surface area (Å²) in [6, 6.07) is 0. The van der Waals surface area contributed by atoms with Crippen LogP contribution in [0.15, 0.2) is 0 Å². The van der Waals surface area contributed by atoms with Gasteiger partial charge in [-0.1, -0.05) is 0 Å². The standard InChI is InChI=1S/3ClH.Cu.H3N/h3*1H;;1H3/q;;;+2;/p-2. The Morgan fingerprint density at radius 2 is 1.20 bits per heavy atom. The van der Waals surface area contributed by atoms with Gasteiger partial charge in [-0.15, -0.1) is 0 Å². The summed E-state index contributed by atoms with van der Waals surface area (Å²) in [7, 11) is 9.34. The summed E-state index contributed by atoms with van der Waals surface area (Å²) in [6.45, 7) is 0. The van der Waals surface area contributed by atoms with Crippen LogP contribution in [0.25, 0.3) is 0 Å². The van der Waals surface area contributed by atoms with Gasteiger partial charge in [0.2, 0.25) is 0 Å². The van der Waals surface area contributed by atoms with E-state index in [2.05, 4.69) is 20.2 Å². The summed E-state index contributed by atoms with van der Waals surface area (Å²) in [5.41, 5.74) is 0. The van der Waals surface area contributed by atoms with Gasteiger partial charge in [0.15, 0.2) is 0 Å². The third-order valence-electron chi connectivity index (χ3n) is 0. The minimum absolute atomic E-state index is 0. The predicted octanol–water partition coefficient (Wildman–Crippen LogP) is -1.24. The van der Waals surface area contributed by atoms with Crippen LogP contribution in [0.1, 0.15) is 0 Å². The van der Waals surface area contributed by atoms with Crippen LogP contribution in [0.4, 0.5) is 0 Å². The molecule has 0 rings (SSSR count). The Labute approximate surface area is 52.0 Å². The molecule has 0 aliphatic carbocycles. The van der Waals surface area contributed by atoms with Crippen LogP contribution in [0, 0.1) is 0 Å². The van der Waals surface area contributed by atoms with Crippen LogP contribution in [0.2, 0.25) is 0 Å². The van der Waals surface area contributed by atoms with Crippen molar-refractivity contribution in [2.75, 3.05) is 0 Å². The monoisotopic (exact) mass is 186 g/mol. The summed E-state index contributed by atoms with van der Waals surface area (Å²) in [4.78, 5) is 0. The zero-order valence-corrected chi connectivity index (χ0v) is 5.64. The topological polar surface area (TPSA) is 36.5 Å². The van der Waals surface area contributed by atoms with Crippen LogP contribution in [-0.4, -0.2) is 0 Å². The quantitative estimate of drug-likeness (QED) is 0.461. The minimum atomic E-state index is 0. The van der Waals surface area contributed by atoms with Gasteiger partial charge in [0, 0.05) is 0 Å². The van der Waals surface area contributed by atoms with E-state index in [1.54, 1.807) is 0 Å². The average molecular weight is 188 g/mol. The number of quaternary nitrogens is 1. The van der Waals surface area contributed by atoms with E-state index in [4.69, 9.17) is 0 Å². The van der Waals surface area contributed by atoms with Crippen LogP contribution in [-0.2, 0) is 13.1 Å². The average Bonchev–Trinajstić information content (AvgIpc) is 0.918. The van der Waals surface area contributed by atoms with E-state index in [-0.39, 0.29) is 18.6 Å². The van der Waals surface area contributed by atoms with Crippen molar-refractivity contribution in [1.82, 2.24) is 6.15 Å². The van der Waals surface area contributed by atoms with Crippen molar-refractivity contribution < 1.29 is 25.5 Å². The molecule has 5 heteroatoms. The molecule has 0 aromatic heterocycles. The summed E-state index contributed by atoms with van der Waals surface area (Å²) >= 11 is 0.757. The Morgan fingerprint density at radius 3 is 1.20 bits per heavy atom. The fraction of sp³-hybridized carbons (Fsp3) is 0. The summed E-state index contributed by atoms with van der Waals surface area (Å²) in [6.07, 6.45) is 0. The first-order valence-corrected chi connectivity index (χ1v) is 2.82. The molecular weight excluding hydrogens is 184 g/mol. The van der Waals surface area contributed by atoms with Crippen LogP contribution < -0.4 is 18.6 Å². The van der Waals surface area contributed by atoms with E-state index in [0.717, 1.165) is 13.1 Å². The molecular formula is H4Cl3CuN. The van der Waals surface area contributed by atoms with Crippen molar-refractivity contribution in [3.05, 3.63) is 0 Å². The van der Waals surface area contributed by atoms with E-state index in [1.165, 1.54) is 0 Å². The maximum absolute atomic E-state index is 4.67. The molecule has 0 unspecified atom stereocenters. The molecule has 0 fully saturated rings. The fourth-order valence-corrected chi connectivity index (χ4v) is 0. The van der Waals surface area contributed by atoms with Gasteiger partial charge in [0.1, 0.15) is 0 Å². The summed E-state index contributed by atoms with van der Waals surface area (Å²) in [5, 5.41) is 0. The molecule has 0 atom stereocenters. The van der Waals surface area contributed by atoms with Crippen molar-refractivity contribution >= 4 is 20.2 Å². The van der Waals surface area contributed by atoms with Crippen LogP contribution >= 0.6 is 20.2 Å². The third-order valence-corrected chi connectivity index (χ3v) is 0. The van der Waals surface area contributed by atoms with Crippen molar-refractivity contribution in [3.8, 4) is 0 Å². The van der Waals surface area contributed by atoms with Gasteiger partial charge in [-0.25, -0.2) is 0 Å². The van der Waals surface area contributed by atoms with Gasteiger partial charge in [0.05, 0.1) is 0 Å². The Kier molecular flexibility index (Phi) is 59.4. The van der Waals surface area contributed by atoms with Crippen molar-refractivity contribution in [2.45, 2.75) is 0 Å². The maximum atomic E-state index is 4.67. The first-order chi connectivity index (χ1) is 1.41. The van der Waals surface area contributed by atoms with Crippen LogP contribution in [0.5, 0.6) is 0 Å². The summed E-state index contributed by atoms with van der Waals surface area (Å²) in [5.74, 6) is 0. The first-order valence-electron chi connectivity index (χ1n) is 0.228. The van der Waals surface area contributed by atoms with Gasteiger partial charge in [-0.2, -0.15) is 0 Å². The van der Waals surface area contributed by atoms with Gasteiger partial charge < -0.3 is 18.6 Å². The van der Waals surface area contributed by atoms with Gasteiger partial charge in [-0.05, 0) is 0 Å². The second-order valence-corrected chi connectivity index (χ2v) is 1.60. The Morgan fingerprint density at radius 1 is 1.20 bits per heavy atom. The maximum Gasteiger partial charge on any atom is -0.369 e. The number of hydrogen-bond donors (Lipinski definition) is 1. The Balaban J connectivity index is -0.0000000200. The second kappa shape index (κ2) is 18.3. The largest absolute Gasteiger partial charge is 0.369 e. The number of rotatable bonds is 0. The van der Waals surface area contributed by atoms with Crippen molar-refractivity contribution in [1.29, 1.82) is 0 Å². The van der Waals surface area contributed by atoms with E-state index in [0.29, 0.717) is 0 Å². The van der Waals surface area contributed by atoms with Gasteiger partial charge in [0.25, 0.3) is 0 Å². The fourth-order valence-electron chi connectivity index (χ4n) is 0. The molecule has 5 heavy (non-hydrogen) atoms. The molecule has 41 valence electrons. The number of halogens is 3. The van der Waals surface area contributed by atoms with Crippen LogP contribution in [0.3, 0.4) is 0 Å². The van der Waals surface area contributed by atoms with E-state index < -0.39 is 0 Å². The molecule has 0 aliphatic heterocycles. The van der Waals surface area contributed by atoms with E-state index >= 15 is 0 Å². The zero-order chi connectivity index (χ0) is 2.71. The Hall–Kier alpha value is 1.35. The molecule has 0 spiro atoms. The molecule has 0 aromatic rings. The van der Waals surface area contributed by atoms with Gasteiger partial charge >= 0.3 is 33.3 Å². The molecule has 0 radical (unpaired) electrons. The SMILES string of the molecule is [Cl-].[Cl][Cu][Cl].[NH4+].